The molecule has 0 bridgehead atoms. The van der Waals surface area contributed by atoms with Crippen LogP contribution in [0.2, 0.25) is 0 Å². The Morgan fingerprint density at radius 3 is 2.57 bits per heavy atom. The quantitative estimate of drug-likeness (QED) is 0.897. The fourth-order valence-corrected chi connectivity index (χ4v) is 3.95. The summed E-state index contributed by atoms with van der Waals surface area (Å²) in [5, 5.41) is 8.29. The van der Waals surface area contributed by atoms with E-state index in [1.54, 1.807) is 11.3 Å². The van der Waals surface area contributed by atoms with Crippen molar-refractivity contribution in [3.63, 3.8) is 0 Å². The van der Waals surface area contributed by atoms with Crippen LogP contribution < -0.4 is 10.2 Å². The van der Waals surface area contributed by atoms with Gasteiger partial charge in [0.2, 0.25) is 0 Å². The third kappa shape index (κ3) is 2.85. The summed E-state index contributed by atoms with van der Waals surface area (Å²) in [6, 6.07) is 13.5. The molecule has 1 unspecified atom stereocenters. The molecule has 0 saturated carbocycles. The zero-order valence-corrected chi connectivity index (χ0v) is 13.7. The molecule has 0 spiro atoms. The maximum Gasteiger partial charge on any atom is 0.0668 e. The first-order valence-electron chi connectivity index (χ1n) is 7.87. The van der Waals surface area contributed by atoms with E-state index < -0.39 is 0 Å². The Morgan fingerprint density at radius 1 is 1.19 bits per heavy atom. The van der Waals surface area contributed by atoms with Crippen LogP contribution in [0.25, 0.3) is 0 Å². The molecule has 1 aliphatic rings. The lowest BCUT2D eigenvalue weighted by molar-refractivity contribution is 0.249. The largest absolute Gasteiger partial charge is 0.361 e. The van der Waals surface area contributed by atoms with Crippen molar-refractivity contribution in [1.82, 2.24) is 5.32 Å². The average Bonchev–Trinajstić information content (AvgIpc) is 3.09. The monoisotopic (exact) mass is 300 g/mol. The molecule has 3 rings (SSSR count). The summed E-state index contributed by atoms with van der Waals surface area (Å²) in [6.45, 7) is 6.69. The van der Waals surface area contributed by atoms with Gasteiger partial charge in [0, 0.05) is 29.7 Å². The summed E-state index contributed by atoms with van der Waals surface area (Å²) in [4.78, 5) is 2.59. The van der Waals surface area contributed by atoms with Crippen LogP contribution in [0.1, 0.15) is 38.3 Å². The van der Waals surface area contributed by atoms with Gasteiger partial charge in [-0.2, -0.15) is 11.3 Å². The molecule has 3 heteroatoms. The number of nitrogens with zero attached hydrogens (tertiary/aromatic N) is 1. The molecule has 21 heavy (non-hydrogen) atoms. The molecule has 1 atom stereocenters. The highest BCUT2D eigenvalue weighted by molar-refractivity contribution is 7.08. The van der Waals surface area contributed by atoms with Gasteiger partial charge < -0.3 is 10.2 Å². The van der Waals surface area contributed by atoms with E-state index in [-0.39, 0.29) is 5.54 Å². The van der Waals surface area contributed by atoms with Gasteiger partial charge in [-0.1, -0.05) is 44.2 Å². The summed E-state index contributed by atoms with van der Waals surface area (Å²) >= 11 is 1.78. The van der Waals surface area contributed by atoms with Crippen LogP contribution in [0, 0.1) is 0 Å². The second kappa shape index (κ2) is 6.20. The maximum absolute atomic E-state index is 3.83. The zero-order valence-electron chi connectivity index (χ0n) is 12.9. The standard InChI is InChI=1S/C18H24N2S/c1-3-18(4-2)14-20(16-10-11-21-13-16)17(12-19-18)15-8-6-5-7-9-15/h5-11,13,17,19H,3-4,12,14H2,1-2H3. The molecule has 0 radical (unpaired) electrons. The molecule has 112 valence electrons. The number of anilines is 1. The molecule has 2 nitrogen and oxygen atoms in total. The van der Waals surface area contributed by atoms with Crippen LogP contribution in [0.5, 0.6) is 0 Å². The lowest BCUT2D eigenvalue weighted by Crippen LogP contribution is -2.61. The van der Waals surface area contributed by atoms with E-state index in [9.17, 15) is 0 Å². The minimum Gasteiger partial charge on any atom is -0.361 e. The minimum absolute atomic E-state index is 0.243. The first kappa shape index (κ1) is 14.6. The van der Waals surface area contributed by atoms with Gasteiger partial charge in [0.15, 0.2) is 0 Å². The van der Waals surface area contributed by atoms with Crippen molar-refractivity contribution in [2.24, 2.45) is 0 Å². The van der Waals surface area contributed by atoms with Gasteiger partial charge in [-0.3, -0.25) is 0 Å². The molecule has 0 amide bonds. The molecule has 1 N–H and O–H groups in total. The summed E-state index contributed by atoms with van der Waals surface area (Å²) in [7, 11) is 0. The first-order valence-corrected chi connectivity index (χ1v) is 8.81. The van der Waals surface area contributed by atoms with Crippen LogP contribution in [-0.4, -0.2) is 18.6 Å². The highest BCUT2D eigenvalue weighted by Crippen LogP contribution is 2.35. The first-order chi connectivity index (χ1) is 10.3. The van der Waals surface area contributed by atoms with Crippen molar-refractivity contribution in [3.05, 3.63) is 52.7 Å². The minimum atomic E-state index is 0.243. The second-order valence-corrected chi connectivity index (χ2v) is 6.68. The van der Waals surface area contributed by atoms with E-state index in [0.717, 1.165) is 13.1 Å². The van der Waals surface area contributed by atoms with Gasteiger partial charge in [0.05, 0.1) is 6.04 Å². The maximum atomic E-state index is 3.83. The van der Waals surface area contributed by atoms with Crippen molar-refractivity contribution in [2.75, 3.05) is 18.0 Å². The van der Waals surface area contributed by atoms with E-state index in [0.29, 0.717) is 6.04 Å². The molecule has 2 heterocycles. The summed E-state index contributed by atoms with van der Waals surface area (Å²) in [5.41, 5.74) is 3.01. The molecular formula is C18H24N2S. The van der Waals surface area contributed by atoms with Crippen molar-refractivity contribution >= 4 is 17.0 Å². The summed E-state index contributed by atoms with van der Waals surface area (Å²) < 4.78 is 0. The third-order valence-electron chi connectivity index (χ3n) is 4.90. The molecule has 1 aliphatic heterocycles. The topological polar surface area (TPSA) is 15.3 Å². The number of hydrogen-bond donors (Lipinski definition) is 1. The van der Waals surface area contributed by atoms with E-state index in [1.807, 2.05) is 0 Å². The Hall–Kier alpha value is -1.32. The van der Waals surface area contributed by atoms with Crippen LogP contribution in [0.3, 0.4) is 0 Å². The third-order valence-corrected chi connectivity index (χ3v) is 5.57. The Balaban J connectivity index is 1.93. The number of thiophene rings is 1. The van der Waals surface area contributed by atoms with E-state index >= 15 is 0 Å². The predicted octanol–water partition coefficient (Wildman–Crippen LogP) is 4.46. The summed E-state index contributed by atoms with van der Waals surface area (Å²) in [6.07, 6.45) is 2.34. The van der Waals surface area contributed by atoms with Crippen molar-refractivity contribution in [3.8, 4) is 0 Å². The van der Waals surface area contributed by atoms with Gasteiger partial charge in [0.1, 0.15) is 0 Å². The fourth-order valence-electron chi connectivity index (χ4n) is 3.30. The number of nitrogens with one attached hydrogen (secondary N) is 1. The van der Waals surface area contributed by atoms with Crippen molar-refractivity contribution in [1.29, 1.82) is 0 Å². The lowest BCUT2D eigenvalue weighted by Gasteiger charge is -2.48. The summed E-state index contributed by atoms with van der Waals surface area (Å²) in [5.74, 6) is 0. The van der Waals surface area contributed by atoms with E-state index in [1.165, 1.54) is 24.1 Å². The van der Waals surface area contributed by atoms with Gasteiger partial charge in [-0.25, -0.2) is 0 Å². The molecule has 0 aliphatic carbocycles. The molecular weight excluding hydrogens is 276 g/mol. The Labute approximate surface area is 131 Å². The number of rotatable bonds is 4. The van der Waals surface area contributed by atoms with Gasteiger partial charge in [-0.15, -0.1) is 0 Å². The Bertz CT molecular complexity index is 546. The van der Waals surface area contributed by atoms with E-state index in [2.05, 4.69) is 71.2 Å². The normalized spacial score (nSPS) is 21.4. The number of benzene rings is 1. The van der Waals surface area contributed by atoms with Crippen LogP contribution in [-0.2, 0) is 0 Å². The molecule has 1 aromatic carbocycles. The van der Waals surface area contributed by atoms with Gasteiger partial charge >= 0.3 is 0 Å². The Morgan fingerprint density at radius 2 is 1.95 bits per heavy atom. The molecule has 1 saturated heterocycles. The predicted molar refractivity (Wildman–Crippen MR) is 92.2 cm³/mol. The highest BCUT2D eigenvalue weighted by atomic mass is 32.1. The van der Waals surface area contributed by atoms with Gasteiger partial charge in [-0.05, 0) is 29.9 Å². The smallest absolute Gasteiger partial charge is 0.0668 e. The highest BCUT2D eigenvalue weighted by Gasteiger charge is 2.37. The second-order valence-electron chi connectivity index (χ2n) is 5.90. The van der Waals surface area contributed by atoms with Crippen LogP contribution >= 0.6 is 11.3 Å². The molecule has 1 aromatic heterocycles. The lowest BCUT2D eigenvalue weighted by atomic mass is 9.87. The zero-order chi connectivity index (χ0) is 14.7. The van der Waals surface area contributed by atoms with E-state index in [4.69, 9.17) is 0 Å². The SMILES string of the molecule is CCC1(CC)CN(c2ccsc2)C(c2ccccc2)CN1. The molecule has 2 aromatic rings. The number of hydrogen-bond acceptors (Lipinski definition) is 3. The van der Waals surface area contributed by atoms with Gasteiger partial charge in [0.25, 0.3) is 0 Å². The Kier molecular flexibility index (Phi) is 4.32. The van der Waals surface area contributed by atoms with Crippen LogP contribution in [0.15, 0.2) is 47.2 Å². The van der Waals surface area contributed by atoms with Crippen molar-refractivity contribution < 1.29 is 0 Å². The van der Waals surface area contributed by atoms with Crippen molar-refractivity contribution in [2.45, 2.75) is 38.3 Å². The number of piperazine rings is 1. The fraction of sp³-hybridized carbons (Fsp3) is 0.444. The average molecular weight is 300 g/mol. The molecule has 1 fully saturated rings. The van der Waals surface area contributed by atoms with Crippen LogP contribution in [0.4, 0.5) is 5.69 Å².